The first-order chi connectivity index (χ1) is 16.3. The molecule has 0 heterocycles. The van der Waals surface area contributed by atoms with Gasteiger partial charge in [-0.15, -0.1) is 0 Å². The van der Waals surface area contributed by atoms with E-state index in [9.17, 15) is 24.6 Å². The average molecular weight is 501 g/mol. The summed E-state index contributed by atoms with van der Waals surface area (Å²) in [5, 5.41) is 26.1. The molecule has 2 amide bonds. The lowest BCUT2D eigenvalue weighted by molar-refractivity contribution is -0.143. The Labute approximate surface area is 206 Å². The molecule has 0 bridgehead atoms. The molecule has 4 N–H and O–H groups in total. The van der Waals surface area contributed by atoms with E-state index in [0.29, 0.717) is 21.7 Å². The largest absolute Gasteiger partial charge is 0.480 e. The smallest absolute Gasteiger partial charge is 0.326 e. The fourth-order valence-corrected chi connectivity index (χ4v) is 3.82. The van der Waals surface area contributed by atoms with Gasteiger partial charge >= 0.3 is 5.97 Å². The van der Waals surface area contributed by atoms with Gasteiger partial charge in [-0.25, -0.2) is 4.79 Å². The summed E-state index contributed by atoms with van der Waals surface area (Å²) in [5.74, 6) is -2.76. The topological polar surface area (TPSA) is 116 Å². The van der Waals surface area contributed by atoms with Crippen LogP contribution >= 0.6 is 23.2 Å². The summed E-state index contributed by atoms with van der Waals surface area (Å²) in [6.45, 7) is 0. The molecule has 3 aromatic carbocycles. The summed E-state index contributed by atoms with van der Waals surface area (Å²) in [6.07, 6.45) is -1.89. The maximum Gasteiger partial charge on any atom is 0.326 e. The van der Waals surface area contributed by atoms with E-state index in [1.54, 1.807) is 72.8 Å². The highest BCUT2D eigenvalue weighted by Gasteiger charge is 2.32. The molecule has 0 radical (unpaired) electrons. The van der Waals surface area contributed by atoms with E-state index in [1.807, 2.05) is 0 Å². The number of amides is 2. The Morgan fingerprint density at radius 3 is 2.06 bits per heavy atom. The number of carbonyl (C=O) groups excluding carboxylic acids is 2. The predicted octanol–water partition coefficient (Wildman–Crippen LogP) is 3.64. The molecular formula is C25H22Cl2N2O5. The molecule has 9 heteroatoms. The zero-order chi connectivity index (χ0) is 24.7. The molecule has 0 aliphatic heterocycles. The van der Waals surface area contributed by atoms with Crippen LogP contribution in [-0.2, 0) is 16.0 Å². The zero-order valence-corrected chi connectivity index (χ0v) is 19.3. The van der Waals surface area contributed by atoms with Crippen molar-refractivity contribution in [3.63, 3.8) is 0 Å². The van der Waals surface area contributed by atoms with E-state index in [-0.39, 0.29) is 11.4 Å². The second-order valence-electron chi connectivity index (χ2n) is 7.51. The molecule has 7 nitrogen and oxygen atoms in total. The Balaban J connectivity index is 1.80. The van der Waals surface area contributed by atoms with Gasteiger partial charge in [0.25, 0.3) is 11.8 Å². The Hall–Kier alpha value is -3.39. The molecule has 0 spiro atoms. The minimum absolute atomic E-state index is 0.129. The summed E-state index contributed by atoms with van der Waals surface area (Å²) in [5.41, 5.74) is 1.28. The maximum absolute atomic E-state index is 12.9. The van der Waals surface area contributed by atoms with E-state index in [4.69, 9.17) is 23.2 Å². The van der Waals surface area contributed by atoms with Crippen LogP contribution in [0, 0.1) is 0 Å². The fourth-order valence-electron chi connectivity index (χ4n) is 3.33. The molecule has 0 fully saturated rings. The van der Waals surface area contributed by atoms with Crippen LogP contribution < -0.4 is 10.6 Å². The van der Waals surface area contributed by atoms with Gasteiger partial charge in [0.15, 0.2) is 6.10 Å². The van der Waals surface area contributed by atoms with Crippen LogP contribution in [-0.4, -0.2) is 40.1 Å². The standard InChI is InChI=1S/C25H22Cl2N2O5/c26-18-12-11-17(19(27)14-18)13-20(25(33)34)28-24(32)22(30)21(15-7-3-1-4-8-15)29-23(31)16-9-5-2-6-10-16/h1-12,14,20-22,30H,13H2,(H,28,32)(H,29,31)(H,33,34)/t20-,21-,22+/m0/s1. The van der Waals surface area contributed by atoms with E-state index >= 15 is 0 Å². The van der Waals surface area contributed by atoms with Crippen LogP contribution in [0.3, 0.4) is 0 Å². The Kier molecular flexibility index (Phi) is 8.65. The number of carbonyl (C=O) groups is 3. The van der Waals surface area contributed by atoms with Crippen LogP contribution in [0.2, 0.25) is 10.0 Å². The van der Waals surface area contributed by atoms with Crippen molar-refractivity contribution < 1.29 is 24.6 Å². The van der Waals surface area contributed by atoms with Gasteiger partial charge in [0.1, 0.15) is 6.04 Å². The molecule has 3 rings (SSSR count). The van der Waals surface area contributed by atoms with Crippen LogP contribution in [0.25, 0.3) is 0 Å². The van der Waals surface area contributed by atoms with Gasteiger partial charge < -0.3 is 20.8 Å². The van der Waals surface area contributed by atoms with Crippen molar-refractivity contribution in [1.29, 1.82) is 0 Å². The molecule has 0 saturated heterocycles. The summed E-state index contributed by atoms with van der Waals surface area (Å²) in [7, 11) is 0. The summed E-state index contributed by atoms with van der Waals surface area (Å²) in [6, 6.07) is 18.9. The van der Waals surface area contributed by atoms with Crippen molar-refractivity contribution in [2.24, 2.45) is 0 Å². The molecule has 0 unspecified atom stereocenters. The first-order valence-corrected chi connectivity index (χ1v) is 11.1. The number of aliphatic hydroxyl groups excluding tert-OH is 1. The monoisotopic (exact) mass is 500 g/mol. The lowest BCUT2D eigenvalue weighted by atomic mass is 9.99. The number of benzene rings is 3. The number of carboxylic acid groups (broad SMARTS) is 1. The molecule has 3 aromatic rings. The van der Waals surface area contributed by atoms with E-state index in [0.717, 1.165) is 0 Å². The highest BCUT2D eigenvalue weighted by Crippen LogP contribution is 2.23. The van der Waals surface area contributed by atoms with Crippen molar-refractivity contribution in [2.45, 2.75) is 24.6 Å². The molecule has 34 heavy (non-hydrogen) atoms. The van der Waals surface area contributed by atoms with Gasteiger partial charge in [-0.2, -0.15) is 0 Å². The molecule has 3 atom stereocenters. The third kappa shape index (κ3) is 6.57. The summed E-state index contributed by atoms with van der Waals surface area (Å²) in [4.78, 5) is 37.4. The van der Waals surface area contributed by atoms with Crippen LogP contribution in [0.15, 0.2) is 78.9 Å². The molecule has 176 valence electrons. The predicted molar refractivity (Wildman–Crippen MR) is 129 cm³/mol. The van der Waals surface area contributed by atoms with Crippen molar-refractivity contribution in [1.82, 2.24) is 10.6 Å². The summed E-state index contributed by atoms with van der Waals surface area (Å²) < 4.78 is 0. The van der Waals surface area contributed by atoms with Gasteiger partial charge in [-0.05, 0) is 35.4 Å². The number of hydrogen-bond acceptors (Lipinski definition) is 4. The highest BCUT2D eigenvalue weighted by atomic mass is 35.5. The van der Waals surface area contributed by atoms with Crippen LogP contribution in [0.5, 0.6) is 0 Å². The first-order valence-electron chi connectivity index (χ1n) is 10.3. The van der Waals surface area contributed by atoms with E-state index in [1.165, 1.54) is 6.07 Å². The second-order valence-corrected chi connectivity index (χ2v) is 8.36. The molecule has 0 aliphatic rings. The number of aliphatic hydroxyl groups is 1. The molecular weight excluding hydrogens is 479 g/mol. The van der Waals surface area contributed by atoms with Crippen LogP contribution in [0.1, 0.15) is 27.5 Å². The third-order valence-electron chi connectivity index (χ3n) is 5.12. The number of hydrogen-bond donors (Lipinski definition) is 4. The number of aliphatic carboxylic acids is 1. The van der Waals surface area contributed by atoms with Gasteiger partial charge in [-0.3, -0.25) is 9.59 Å². The zero-order valence-electron chi connectivity index (χ0n) is 17.8. The second kappa shape index (κ2) is 11.7. The van der Waals surface area contributed by atoms with Gasteiger partial charge in [0.05, 0.1) is 6.04 Å². The van der Waals surface area contributed by atoms with Gasteiger partial charge in [-0.1, -0.05) is 77.8 Å². The van der Waals surface area contributed by atoms with Crippen molar-refractivity contribution in [2.75, 3.05) is 0 Å². The molecule has 0 aromatic heterocycles. The Bertz CT molecular complexity index is 1160. The SMILES string of the molecule is O=C(N[C@@H](c1ccccc1)[C@@H](O)C(=O)N[C@@H](Cc1ccc(Cl)cc1Cl)C(=O)O)c1ccccc1. The normalized spacial score (nSPS) is 13.4. The van der Waals surface area contributed by atoms with E-state index in [2.05, 4.69) is 10.6 Å². The number of halogens is 2. The van der Waals surface area contributed by atoms with Gasteiger partial charge in [0, 0.05) is 22.0 Å². The summed E-state index contributed by atoms with van der Waals surface area (Å²) >= 11 is 12.0. The average Bonchev–Trinajstić information content (AvgIpc) is 2.84. The first kappa shape index (κ1) is 25.2. The Morgan fingerprint density at radius 2 is 1.47 bits per heavy atom. The van der Waals surface area contributed by atoms with Crippen molar-refractivity contribution >= 4 is 41.0 Å². The van der Waals surface area contributed by atoms with Crippen molar-refractivity contribution in [3.05, 3.63) is 106 Å². The molecule has 0 aliphatic carbocycles. The quantitative estimate of drug-likeness (QED) is 0.358. The third-order valence-corrected chi connectivity index (χ3v) is 5.71. The lowest BCUT2D eigenvalue weighted by Crippen LogP contribution is -2.50. The molecule has 0 saturated carbocycles. The number of carboxylic acids is 1. The fraction of sp³-hybridized carbons (Fsp3) is 0.160. The van der Waals surface area contributed by atoms with Gasteiger partial charge in [0.2, 0.25) is 0 Å². The maximum atomic E-state index is 12.9. The lowest BCUT2D eigenvalue weighted by Gasteiger charge is -2.25. The minimum atomic E-state index is -1.77. The number of rotatable bonds is 9. The van der Waals surface area contributed by atoms with E-state index < -0.39 is 36.0 Å². The van der Waals surface area contributed by atoms with Crippen molar-refractivity contribution in [3.8, 4) is 0 Å². The highest BCUT2D eigenvalue weighted by molar-refractivity contribution is 6.35. The Morgan fingerprint density at radius 1 is 0.853 bits per heavy atom. The number of nitrogens with one attached hydrogen (secondary N) is 2. The minimum Gasteiger partial charge on any atom is -0.480 e. The van der Waals surface area contributed by atoms with Crippen LogP contribution in [0.4, 0.5) is 0 Å².